The quantitative estimate of drug-likeness (QED) is 0.434. The van der Waals surface area contributed by atoms with E-state index >= 15 is 0 Å². The topological polar surface area (TPSA) is 124 Å². The Morgan fingerprint density at radius 3 is 2.79 bits per heavy atom. The number of nitrogens with one attached hydrogen (secondary N) is 1. The molecule has 0 unspecified atom stereocenters. The van der Waals surface area contributed by atoms with Gasteiger partial charge in [0.15, 0.2) is 0 Å². The zero-order chi connectivity index (χ0) is 17.3. The fourth-order valence-electron chi connectivity index (χ4n) is 3.54. The Balaban J connectivity index is 1.83. The van der Waals surface area contributed by atoms with Gasteiger partial charge in [-0.1, -0.05) is 0 Å². The highest BCUT2D eigenvalue weighted by Gasteiger charge is 2.30. The monoisotopic (exact) mass is 351 g/mol. The minimum Gasteiger partial charge on any atom is -0.346 e. The van der Waals surface area contributed by atoms with E-state index in [0.29, 0.717) is 0 Å². The van der Waals surface area contributed by atoms with Gasteiger partial charge in [0.25, 0.3) is 10.1 Å². The van der Waals surface area contributed by atoms with Gasteiger partial charge < -0.3 is 4.98 Å². The van der Waals surface area contributed by atoms with E-state index in [2.05, 4.69) is 21.7 Å². The molecule has 0 saturated heterocycles. The van der Waals surface area contributed by atoms with E-state index in [1.807, 2.05) is 6.07 Å². The van der Waals surface area contributed by atoms with Crippen LogP contribution in [0.25, 0.3) is 5.70 Å². The smallest absolute Gasteiger partial charge is 0.265 e. The Labute approximate surface area is 140 Å². The molecule has 2 aliphatic rings. The average molecular weight is 351 g/mol. The van der Waals surface area contributed by atoms with Crippen molar-refractivity contribution in [2.75, 3.05) is 5.75 Å². The van der Waals surface area contributed by atoms with Crippen LogP contribution < -0.4 is 5.84 Å². The van der Waals surface area contributed by atoms with Crippen LogP contribution in [0.1, 0.15) is 31.2 Å². The van der Waals surface area contributed by atoms with Crippen LogP contribution in [-0.4, -0.2) is 41.8 Å². The van der Waals surface area contributed by atoms with E-state index in [4.69, 9.17) is 10.4 Å². The number of rotatable bonds is 4. The van der Waals surface area contributed by atoms with E-state index in [1.54, 1.807) is 6.20 Å². The van der Waals surface area contributed by atoms with E-state index in [-0.39, 0.29) is 17.6 Å². The zero-order valence-corrected chi connectivity index (χ0v) is 14.0. The fraction of sp³-hybridized carbons (Fsp3) is 0.467. The molecule has 0 aromatic carbocycles. The molecule has 1 aromatic heterocycles. The van der Waals surface area contributed by atoms with Crippen LogP contribution in [0, 0.1) is 11.8 Å². The number of nitrogens with two attached hydrogens (primary N) is 1. The molecule has 0 spiro atoms. The number of aromatic amines is 1. The lowest BCUT2D eigenvalue weighted by molar-refractivity contribution is 0.314. The fourth-order valence-corrected chi connectivity index (χ4v) is 4.47. The molecule has 1 aliphatic carbocycles. The highest BCUT2D eigenvalue weighted by molar-refractivity contribution is 7.85. The number of aliphatic imine (C=N–C) groups is 2. The lowest BCUT2D eigenvalue weighted by atomic mass is 9.80. The van der Waals surface area contributed by atoms with Crippen molar-refractivity contribution < 1.29 is 13.0 Å². The second-order valence-corrected chi connectivity index (χ2v) is 7.75. The minimum atomic E-state index is -3.93. The summed E-state index contributed by atoms with van der Waals surface area (Å²) in [4.78, 5) is 11.5. The lowest BCUT2D eigenvalue weighted by Crippen LogP contribution is -2.32. The van der Waals surface area contributed by atoms with Crippen LogP contribution in [0.2, 0.25) is 0 Å². The number of allylic oxidation sites excluding steroid dienone is 1. The van der Waals surface area contributed by atoms with Gasteiger partial charge in [-0.15, -0.1) is 0 Å². The van der Waals surface area contributed by atoms with Crippen LogP contribution >= 0.6 is 0 Å². The largest absolute Gasteiger partial charge is 0.346 e. The van der Waals surface area contributed by atoms with Gasteiger partial charge in [-0.3, -0.25) is 14.6 Å². The molecule has 1 saturated carbocycles. The molecule has 3 rings (SSSR count). The minimum absolute atomic E-state index is 0.0166. The third-order valence-corrected chi connectivity index (χ3v) is 5.54. The van der Waals surface area contributed by atoms with Gasteiger partial charge in [-0.05, 0) is 44.4 Å². The van der Waals surface area contributed by atoms with E-state index in [1.165, 1.54) is 11.3 Å². The van der Waals surface area contributed by atoms with Gasteiger partial charge in [0.2, 0.25) is 0 Å². The Morgan fingerprint density at radius 2 is 2.17 bits per heavy atom. The molecule has 24 heavy (non-hydrogen) atoms. The number of H-pyrrole nitrogens is 1. The molecule has 1 aromatic rings. The highest BCUT2D eigenvalue weighted by Crippen LogP contribution is 2.40. The first-order chi connectivity index (χ1) is 11.4. The van der Waals surface area contributed by atoms with Gasteiger partial charge in [-0.25, -0.2) is 10.8 Å². The van der Waals surface area contributed by atoms with Crippen molar-refractivity contribution >= 4 is 34.7 Å². The molecular formula is C15H21N5O3S. The lowest BCUT2D eigenvalue weighted by Gasteiger charge is -2.31. The SMILES string of the molecule is C=N/C(=C1/c2cc[nH]c2N=CN1N)[C@H]1CC[C@H](CS(=O)(=O)O)CC1. The van der Waals surface area contributed by atoms with E-state index < -0.39 is 10.1 Å². The summed E-state index contributed by atoms with van der Waals surface area (Å²) < 4.78 is 31.1. The molecule has 0 atom stereocenters. The van der Waals surface area contributed by atoms with Crippen molar-refractivity contribution in [1.82, 2.24) is 9.99 Å². The number of aromatic nitrogens is 1. The molecule has 9 heteroatoms. The molecule has 0 amide bonds. The third kappa shape index (κ3) is 3.42. The van der Waals surface area contributed by atoms with Crippen molar-refractivity contribution in [1.29, 1.82) is 0 Å². The molecule has 1 fully saturated rings. The second kappa shape index (κ2) is 6.50. The second-order valence-electron chi connectivity index (χ2n) is 6.25. The zero-order valence-electron chi connectivity index (χ0n) is 13.2. The molecule has 8 nitrogen and oxygen atoms in total. The maximum absolute atomic E-state index is 11.0. The van der Waals surface area contributed by atoms with Crippen molar-refractivity contribution in [2.24, 2.45) is 27.7 Å². The van der Waals surface area contributed by atoms with Crippen molar-refractivity contribution in [3.05, 3.63) is 23.5 Å². The summed E-state index contributed by atoms with van der Waals surface area (Å²) in [7, 11) is -3.93. The summed E-state index contributed by atoms with van der Waals surface area (Å²) >= 11 is 0. The van der Waals surface area contributed by atoms with Gasteiger partial charge in [0.05, 0.1) is 17.1 Å². The first-order valence-corrected chi connectivity index (χ1v) is 9.42. The molecule has 130 valence electrons. The molecular weight excluding hydrogens is 330 g/mol. The summed E-state index contributed by atoms with van der Waals surface area (Å²) in [5, 5.41) is 1.45. The Kier molecular flexibility index (Phi) is 4.57. The molecule has 0 radical (unpaired) electrons. The molecule has 1 aliphatic heterocycles. The summed E-state index contributed by atoms with van der Waals surface area (Å²) in [6, 6.07) is 1.90. The van der Waals surface area contributed by atoms with Crippen molar-refractivity contribution in [3.63, 3.8) is 0 Å². The number of nitrogens with zero attached hydrogens (tertiary/aromatic N) is 3. The van der Waals surface area contributed by atoms with Gasteiger partial charge >= 0.3 is 0 Å². The van der Waals surface area contributed by atoms with E-state index in [9.17, 15) is 8.42 Å². The Morgan fingerprint density at radius 1 is 1.46 bits per heavy atom. The van der Waals surface area contributed by atoms with Crippen LogP contribution in [0.15, 0.2) is 27.9 Å². The predicted molar refractivity (Wildman–Crippen MR) is 93.3 cm³/mol. The van der Waals surface area contributed by atoms with Crippen LogP contribution in [-0.2, 0) is 10.1 Å². The maximum Gasteiger partial charge on any atom is 0.265 e. The number of hydrogen-bond donors (Lipinski definition) is 3. The standard InChI is InChI=1S/C15H21N5O3S/c1-17-13(11-4-2-10(3-5-11)8-24(21,22)23)14-12-6-7-18-15(12)19-9-20(14)16/h6-7,9-11,18H,1-5,8,16H2,(H,21,22,23)/b14-13-/t10-,11-. The number of fused-ring (bicyclic) bond motifs is 1. The van der Waals surface area contributed by atoms with Crippen LogP contribution in [0.3, 0.4) is 0 Å². The predicted octanol–water partition coefficient (Wildman–Crippen LogP) is 1.93. The number of hydrogen-bond acceptors (Lipinski definition) is 6. The maximum atomic E-state index is 11.0. The highest BCUT2D eigenvalue weighted by atomic mass is 32.2. The van der Waals surface area contributed by atoms with E-state index in [0.717, 1.165) is 48.5 Å². The summed E-state index contributed by atoms with van der Waals surface area (Å²) in [6.45, 7) is 3.70. The molecule has 2 heterocycles. The first-order valence-electron chi connectivity index (χ1n) is 7.81. The molecule has 4 N–H and O–H groups in total. The third-order valence-electron chi connectivity index (χ3n) is 4.64. The van der Waals surface area contributed by atoms with Crippen LogP contribution in [0.5, 0.6) is 0 Å². The normalized spacial score (nSPS) is 26.2. The van der Waals surface area contributed by atoms with Gasteiger partial charge in [-0.2, -0.15) is 8.42 Å². The van der Waals surface area contributed by atoms with Crippen molar-refractivity contribution in [2.45, 2.75) is 25.7 Å². The van der Waals surface area contributed by atoms with Gasteiger partial charge in [0.1, 0.15) is 12.2 Å². The summed E-state index contributed by atoms with van der Waals surface area (Å²) in [5.74, 6) is 6.74. The molecule has 0 bridgehead atoms. The summed E-state index contributed by atoms with van der Waals surface area (Å²) in [5.41, 5.74) is 2.45. The number of hydrazine groups is 1. The first kappa shape index (κ1) is 16.9. The Bertz CT molecular complexity index is 788. The average Bonchev–Trinajstić information content (AvgIpc) is 2.98. The van der Waals surface area contributed by atoms with Gasteiger partial charge in [0, 0.05) is 17.7 Å². The Hall–Kier alpha value is -1.97. The van der Waals surface area contributed by atoms with Crippen LogP contribution in [0.4, 0.5) is 5.82 Å². The van der Waals surface area contributed by atoms with Crippen molar-refractivity contribution in [3.8, 4) is 0 Å². The summed E-state index contributed by atoms with van der Waals surface area (Å²) in [6.07, 6.45) is 6.32.